The Hall–Kier alpha value is -3.65. The molecule has 1 heterocycles. The summed E-state index contributed by atoms with van der Waals surface area (Å²) in [6.45, 7) is 3.33. The number of hydrogen-bond donors (Lipinski definition) is 3. The third-order valence-corrected chi connectivity index (χ3v) is 5.19. The van der Waals surface area contributed by atoms with Gasteiger partial charge in [0, 0.05) is 28.7 Å². The average molecular weight is 423 g/mol. The Balaban J connectivity index is 1.82. The number of anilines is 3. The zero-order valence-corrected chi connectivity index (χ0v) is 17.3. The van der Waals surface area contributed by atoms with Crippen LogP contribution in [0.2, 0.25) is 0 Å². The highest BCUT2D eigenvalue weighted by molar-refractivity contribution is 7.20. The van der Waals surface area contributed by atoms with Gasteiger partial charge < -0.3 is 21.1 Å². The van der Waals surface area contributed by atoms with E-state index in [0.29, 0.717) is 27.5 Å². The first kappa shape index (κ1) is 21.1. The van der Waals surface area contributed by atoms with Gasteiger partial charge in [-0.05, 0) is 48.9 Å². The number of carbonyl (C=O) groups excluding carboxylic acids is 3. The molecule has 154 valence electrons. The molecule has 0 aliphatic carbocycles. The van der Waals surface area contributed by atoms with Gasteiger partial charge in [-0.15, -0.1) is 11.3 Å². The van der Waals surface area contributed by atoms with Crippen LogP contribution in [0, 0.1) is 0 Å². The van der Waals surface area contributed by atoms with Crippen LogP contribution in [-0.4, -0.2) is 24.4 Å². The van der Waals surface area contributed by atoms with Crippen molar-refractivity contribution >= 4 is 45.5 Å². The Kier molecular flexibility index (Phi) is 6.48. The Morgan fingerprint density at radius 1 is 1.03 bits per heavy atom. The first-order valence-electron chi connectivity index (χ1n) is 9.23. The van der Waals surface area contributed by atoms with E-state index in [1.165, 1.54) is 18.3 Å². The van der Waals surface area contributed by atoms with Crippen molar-refractivity contribution in [1.29, 1.82) is 0 Å². The second-order valence-corrected chi connectivity index (χ2v) is 7.46. The molecule has 0 atom stereocenters. The van der Waals surface area contributed by atoms with Crippen LogP contribution in [0.4, 0.5) is 16.4 Å². The Bertz CT molecular complexity index is 1090. The zero-order chi connectivity index (χ0) is 21.7. The summed E-state index contributed by atoms with van der Waals surface area (Å²) in [6.07, 6.45) is 0. The zero-order valence-electron chi connectivity index (χ0n) is 16.5. The summed E-state index contributed by atoms with van der Waals surface area (Å²) < 4.78 is 5.07. The van der Waals surface area contributed by atoms with Crippen molar-refractivity contribution in [3.05, 3.63) is 65.7 Å². The second kappa shape index (κ2) is 9.23. The SMILES string of the molecule is CCOC(=O)c1cc(-c2ccc(C(=O)Nc3cccc(N)c3)cc2)sc1NC(C)=O. The van der Waals surface area contributed by atoms with E-state index in [1.807, 2.05) is 0 Å². The number of hydrogen-bond acceptors (Lipinski definition) is 6. The van der Waals surface area contributed by atoms with Crippen molar-refractivity contribution in [2.45, 2.75) is 13.8 Å². The number of ether oxygens (including phenoxy) is 1. The van der Waals surface area contributed by atoms with E-state index >= 15 is 0 Å². The molecular weight excluding hydrogens is 402 g/mol. The van der Waals surface area contributed by atoms with Gasteiger partial charge in [0.1, 0.15) is 5.00 Å². The number of esters is 1. The Labute approximate surface area is 177 Å². The summed E-state index contributed by atoms with van der Waals surface area (Å²) in [6, 6.07) is 15.6. The fourth-order valence-electron chi connectivity index (χ4n) is 2.75. The minimum Gasteiger partial charge on any atom is -0.462 e. The molecule has 2 aromatic carbocycles. The third-order valence-electron chi connectivity index (χ3n) is 4.09. The first-order chi connectivity index (χ1) is 14.4. The van der Waals surface area contributed by atoms with Crippen LogP contribution < -0.4 is 16.4 Å². The van der Waals surface area contributed by atoms with Crippen LogP contribution in [0.25, 0.3) is 10.4 Å². The number of rotatable bonds is 6. The molecule has 30 heavy (non-hydrogen) atoms. The molecule has 0 saturated carbocycles. The molecule has 3 aromatic rings. The maximum absolute atomic E-state index is 12.5. The highest BCUT2D eigenvalue weighted by Crippen LogP contribution is 2.36. The van der Waals surface area contributed by atoms with Crippen molar-refractivity contribution in [3.63, 3.8) is 0 Å². The first-order valence-corrected chi connectivity index (χ1v) is 10.0. The van der Waals surface area contributed by atoms with Gasteiger partial charge in [0.15, 0.2) is 0 Å². The van der Waals surface area contributed by atoms with Crippen molar-refractivity contribution in [2.75, 3.05) is 23.0 Å². The fraction of sp³-hybridized carbons (Fsp3) is 0.136. The van der Waals surface area contributed by atoms with Gasteiger partial charge in [0.05, 0.1) is 12.2 Å². The molecule has 3 rings (SSSR count). The van der Waals surface area contributed by atoms with Gasteiger partial charge in [-0.3, -0.25) is 9.59 Å². The largest absolute Gasteiger partial charge is 0.462 e. The Morgan fingerprint density at radius 3 is 2.40 bits per heavy atom. The molecule has 0 aliphatic heterocycles. The molecule has 0 unspecified atom stereocenters. The van der Waals surface area contributed by atoms with Crippen molar-refractivity contribution in [2.24, 2.45) is 0 Å². The van der Waals surface area contributed by atoms with E-state index in [4.69, 9.17) is 10.5 Å². The topological polar surface area (TPSA) is 111 Å². The molecule has 0 bridgehead atoms. The van der Waals surface area contributed by atoms with Gasteiger partial charge in [-0.1, -0.05) is 18.2 Å². The van der Waals surface area contributed by atoms with Gasteiger partial charge in [-0.2, -0.15) is 0 Å². The minimum absolute atomic E-state index is 0.237. The van der Waals surface area contributed by atoms with E-state index in [1.54, 1.807) is 61.5 Å². The highest BCUT2D eigenvalue weighted by Gasteiger charge is 2.19. The summed E-state index contributed by atoms with van der Waals surface area (Å²) in [4.78, 5) is 36.9. The predicted octanol–water partition coefficient (Wildman–Crippen LogP) is 4.38. The van der Waals surface area contributed by atoms with Crippen LogP contribution in [0.1, 0.15) is 34.6 Å². The smallest absolute Gasteiger partial charge is 0.341 e. The van der Waals surface area contributed by atoms with E-state index in [2.05, 4.69) is 10.6 Å². The van der Waals surface area contributed by atoms with Crippen molar-refractivity contribution in [3.8, 4) is 10.4 Å². The van der Waals surface area contributed by atoms with Crippen LogP contribution in [0.15, 0.2) is 54.6 Å². The number of thiophene rings is 1. The van der Waals surface area contributed by atoms with E-state index in [0.717, 1.165) is 10.4 Å². The molecule has 0 spiro atoms. The lowest BCUT2D eigenvalue weighted by atomic mass is 10.1. The van der Waals surface area contributed by atoms with Gasteiger partial charge in [0.2, 0.25) is 5.91 Å². The van der Waals surface area contributed by atoms with Gasteiger partial charge in [0.25, 0.3) is 5.91 Å². The lowest BCUT2D eigenvalue weighted by Gasteiger charge is -2.06. The van der Waals surface area contributed by atoms with Crippen LogP contribution in [0.5, 0.6) is 0 Å². The summed E-state index contributed by atoms with van der Waals surface area (Å²) in [5.74, 6) is -1.03. The van der Waals surface area contributed by atoms with Crippen LogP contribution in [0.3, 0.4) is 0 Å². The maximum atomic E-state index is 12.5. The summed E-state index contributed by atoms with van der Waals surface area (Å²) in [7, 11) is 0. The van der Waals surface area contributed by atoms with E-state index in [-0.39, 0.29) is 18.4 Å². The fourth-order valence-corrected chi connectivity index (χ4v) is 3.85. The summed E-state index contributed by atoms with van der Waals surface area (Å²) >= 11 is 1.27. The monoisotopic (exact) mass is 423 g/mol. The molecular formula is C22H21N3O4S. The highest BCUT2D eigenvalue weighted by atomic mass is 32.1. The van der Waals surface area contributed by atoms with Crippen LogP contribution in [-0.2, 0) is 9.53 Å². The third kappa shape index (κ3) is 5.03. The molecule has 1 aromatic heterocycles. The number of benzene rings is 2. The number of nitrogens with two attached hydrogens (primary N) is 1. The predicted molar refractivity (Wildman–Crippen MR) is 119 cm³/mol. The second-order valence-electron chi connectivity index (χ2n) is 6.41. The molecule has 7 nitrogen and oxygen atoms in total. The van der Waals surface area contributed by atoms with Crippen molar-refractivity contribution in [1.82, 2.24) is 0 Å². The molecule has 8 heteroatoms. The van der Waals surface area contributed by atoms with Crippen LogP contribution >= 0.6 is 11.3 Å². The summed E-state index contributed by atoms with van der Waals surface area (Å²) in [5, 5.41) is 5.90. The molecule has 0 fully saturated rings. The minimum atomic E-state index is -0.498. The number of amides is 2. The van der Waals surface area contributed by atoms with Gasteiger partial charge >= 0.3 is 5.97 Å². The lowest BCUT2D eigenvalue weighted by molar-refractivity contribution is -0.114. The standard InChI is InChI=1S/C22H21N3O4S/c1-3-29-22(28)18-12-19(30-21(18)24-13(2)26)14-7-9-15(10-8-14)20(27)25-17-6-4-5-16(23)11-17/h4-12H,3,23H2,1-2H3,(H,24,26)(H,25,27). The Morgan fingerprint density at radius 2 is 1.77 bits per heavy atom. The number of nitrogens with one attached hydrogen (secondary N) is 2. The van der Waals surface area contributed by atoms with E-state index < -0.39 is 5.97 Å². The number of carbonyl (C=O) groups is 3. The number of nitrogen functional groups attached to an aromatic ring is 1. The molecule has 0 saturated heterocycles. The lowest BCUT2D eigenvalue weighted by Crippen LogP contribution is -2.11. The van der Waals surface area contributed by atoms with E-state index in [9.17, 15) is 14.4 Å². The average Bonchev–Trinajstić information content (AvgIpc) is 3.11. The van der Waals surface area contributed by atoms with Gasteiger partial charge in [-0.25, -0.2) is 4.79 Å². The van der Waals surface area contributed by atoms with Crippen molar-refractivity contribution < 1.29 is 19.1 Å². The maximum Gasteiger partial charge on any atom is 0.341 e. The quantitative estimate of drug-likeness (QED) is 0.402. The molecule has 0 radical (unpaired) electrons. The molecule has 0 aliphatic rings. The summed E-state index contributed by atoms with van der Waals surface area (Å²) in [5.41, 5.74) is 8.49. The molecule has 4 N–H and O–H groups in total. The molecule has 2 amide bonds. The normalized spacial score (nSPS) is 10.3.